The van der Waals surface area contributed by atoms with Crippen LogP contribution < -0.4 is 0 Å². The SMILES string of the molecule is CC#C[C](C)CCC. The van der Waals surface area contributed by atoms with Crippen LogP contribution in [0.1, 0.15) is 33.6 Å². The van der Waals surface area contributed by atoms with Crippen LogP contribution in [0.5, 0.6) is 0 Å². The summed E-state index contributed by atoms with van der Waals surface area (Å²) in [5.74, 6) is 7.18. The molecule has 0 unspecified atom stereocenters. The fraction of sp³-hybridized carbons (Fsp3) is 0.625. The van der Waals surface area contributed by atoms with E-state index in [4.69, 9.17) is 0 Å². The first kappa shape index (κ1) is 7.56. The third-order valence-corrected chi connectivity index (χ3v) is 0.963. The highest BCUT2D eigenvalue weighted by molar-refractivity contribution is 5.17. The van der Waals surface area contributed by atoms with Crippen LogP contribution in [0.2, 0.25) is 0 Å². The predicted molar refractivity (Wildman–Crippen MR) is 37.3 cm³/mol. The van der Waals surface area contributed by atoms with E-state index in [-0.39, 0.29) is 0 Å². The van der Waals surface area contributed by atoms with Gasteiger partial charge in [-0.1, -0.05) is 19.3 Å². The Morgan fingerprint density at radius 2 is 2.12 bits per heavy atom. The standard InChI is InChI=1S/C8H13/c1-4-6-8(3)7-5-2/h4,6H2,1-3H3. The second-order valence-corrected chi connectivity index (χ2v) is 1.91. The second kappa shape index (κ2) is 4.71. The van der Waals surface area contributed by atoms with Crippen molar-refractivity contribution in [1.29, 1.82) is 0 Å². The summed E-state index contributed by atoms with van der Waals surface area (Å²) in [6, 6.07) is 0. The molecule has 0 aliphatic carbocycles. The second-order valence-electron chi connectivity index (χ2n) is 1.91. The van der Waals surface area contributed by atoms with Crippen LogP contribution in [0.15, 0.2) is 0 Å². The van der Waals surface area contributed by atoms with Crippen molar-refractivity contribution in [2.75, 3.05) is 0 Å². The van der Waals surface area contributed by atoms with E-state index in [0.717, 1.165) is 6.42 Å². The average Bonchev–Trinajstić information content (AvgIpc) is 1.68. The highest BCUT2D eigenvalue weighted by Gasteiger charge is 1.91. The van der Waals surface area contributed by atoms with Gasteiger partial charge in [0.05, 0.1) is 0 Å². The first-order valence-corrected chi connectivity index (χ1v) is 3.06. The molecule has 0 aliphatic rings. The molecule has 0 fully saturated rings. The minimum absolute atomic E-state index is 1.15. The molecule has 0 N–H and O–H groups in total. The maximum atomic E-state index is 3.01. The van der Waals surface area contributed by atoms with Gasteiger partial charge in [-0.15, -0.1) is 5.92 Å². The van der Waals surface area contributed by atoms with Crippen LogP contribution in [-0.2, 0) is 0 Å². The average molecular weight is 109 g/mol. The molecule has 0 aromatic heterocycles. The van der Waals surface area contributed by atoms with Gasteiger partial charge in [-0.3, -0.25) is 0 Å². The highest BCUT2D eigenvalue weighted by atomic mass is 13.9. The molecule has 0 aromatic rings. The maximum absolute atomic E-state index is 3.01. The van der Waals surface area contributed by atoms with Gasteiger partial charge >= 0.3 is 0 Å². The molecule has 0 bridgehead atoms. The summed E-state index contributed by atoms with van der Waals surface area (Å²) < 4.78 is 0. The van der Waals surface area contributed by atoms with Crippen molar-refractivity contribution in [2.45, 2.75) is 33.6 Å². The smallest absolute Gasteiger partial charge is 0.0448 e. The monoisotopic (exact) mass is 109 g/mol. The van der Waals surface area contributed by atoms with Gasteiger partial charge in [0.1, 0.15) is 0 Å². The fourth-order valence-electron chi connectivity index (χ4n) is 0.651. The lowest BCUT2D eigenvalue weighted by Gasteiger charge is -1.95. The van der Waals surface area contributed by atoms with Crippen LogP contribution in [0.25, 0.3) is 0 Å². The molecule has 0 amide bonds. The minimum atomic E-state index is 1.15. The maximum Gasteiger partial charge on any atom is 0.0448 e. The zero-order chi connectivity index (χ0) is 6.41. The third-order valence-electron chi connectivity index (χ3n) is 0.963. The molecule has 0 heterocycles. The van der Waals surface area contributed by atoms with Crippen LogP contribution in [0.4, 0.5) is 0 Å². The van der Waals surface area contributed by atoms with Crippen LogP contribution >= 0.6 is 0 Å². The Kier molecular flexibility index (Phi) is 4.45. The predicted octanol–water partition coefficient (Wildman–Crippen LogP) is 2.40. The largest absolute Gasteiger partial charge is 0.106 e. The van der Waals surface area contributed by atoms with E-state index in [0.29, 0.717) is 0 Å². The molecule has 0 saturated heterocycles. The molecule has 1 radical (unpaired) electrons. The number of rotatable bonds is 2. The first-order chi connectivity index (χ1) is 3.81. The number of hydrogen-bond acceptors (Lipinski definition) is 0. The summed E-state index contributed by atoms with van der Waals surface area (Å²) in [4.78, 5) is 0. The normalized spacial score (nSPS) is 8.50. The molecule has 0 saturated carbocycles. The quantitative estimate of drug-likeness (QED) is 0.478. The topological polar surface area (TPSA) is 0 Å². The van der Waals surface area contributed by atoms with Gasteiger partial charge in [0, 0.05) is 5.92 Å². The van der Waals surface area contributed by atoms with Gasteiger partial charge in [0.2, 0.25) is 0 Å². The molecular weight excluding hydrogens is 96.1 g/mol. The molecular formula is C8H13. The highest BCUT2D eigenvalue weighted by Crippen LogP contribution is 2.04. The Morgan fingerprint density at radius 3 is 2.50 bits per heavy atom. The van der Waals surface area contributed by atoms with E-state index in [1.807, 2.05) is 6.92 Å². The number of hydrogen-bond donors (Lipinski definition) is 0. The Hall–Kier alpha value is -0.440. The lowest BCUT2D eigenvalue weighted by Crippen LogP contribution is -1.83. The molecule has 0 spiro atoms. The molecule has 0 nitrogen and oxygen atoms in total. The van der Waals surface area contributed by atoms with E-state index in [1.165, 1.54) is 12.3 Å². The summed E-state index contributed by atoms with van der Waals surface area (Å²) in [5.41, 5.74) is 0. The molecule has 0 aliphatic heterocycles. The van der Waals surface area contributed by atoms with Gasteiger partial charge in [0.25, 0.3) is 0 Å². The molecule has 45 valence electrons. The van der Waals surface area contributed by atoms with Gasteiger partial charge in [-0.2, -0.15) is 0 Å². The zero-order valence-electron chi connectivity index (χ0n) is 5.91. The molecule has 0 heteroatoms. The van der Waals surface area contributed by atoms with Gasteiger partial charge in [0.15, 0.2) is 0 Å². The lowest BCUT2D eigenvalue weighted by atomic mass is 10.1. The van der Waals surface area contributed by atoms with E-state index in [9.17, 15) is 0 Å². The summed E-state index contributed by atoms with van der Waals surface area (Å²) in [5, 5.41) is 0. The van der Waals surface area contributed by atoms with Gasteiger partial charge in [-0.05, 0) is 20.3 Å². The minimum Gasteiger partial charge on any atom is -0.106 e. The third kappa shape index (κ3) is 3.74. The Morgan fingerprint density at radius 1 is 1.50 bits per heavy atom. The first-order valence-electron chi connectivity index (χ1n) is 3.06. The molecule has 0 atom stereocenters. The van der Waals surface area contributed by atoms with E-state index in [1.54, 1.807) is 0 Å². The summed E-state index contributed by atoms with van der Waals surface area (Å²) in [7, 11) is 0. The van der Waals surface area contributed by atoms with Crippen molar-refractivity contribution in [3.8, 4) is 11.8 Å². The van der Waals surface area contributed by atoms with Crippen molar-refractivity contribution in [1.82, 2.24) is 0 Å². The zero-order valence-corrected chi connectivity index (χ0v) is 5.91. The Balaban J connectivity index is 3.27. The van der Waals surface area contributed by atoms with Gasteiger partial charge < -0.3 is 0 Å². The van der Waals surface area contributed by atoms with Crippen molar-refractivity contribution in [2.24, 2.45) is 0 Å². The van der Waals surface area contributed by atoms with Gasteiger partial charge in [-0.25, -0.2) is 0 Å². The van der Waals surface area contributed by atoms with Crippen LogP contribution in [0, 0.1) is 17.8 Å². The lowest BCUT2D eigenvalue weighted by molar-refractivity contribution is 0.853. The van der Waals surface area contributed by atoms with Crippen LogP contribution in [0.3, 0.4) is 0 Å². The Bertz CT molecular complexity index is 92.3. The summed E-state index contributed by atoms with van der Waals surface area (Å²) in [6.45, 7) is 6.12. The molecule has 8 heavy (non-hydrogen) atoms. The fourth-order valence-corrected chi connectivity index (χ4v) is 0.651. The summed E-state index contributed by atoms with van der Waals surface area (Å²) >= 11 is 0. The van der Waals surface area contributed by atoms with Crippen molar-refractivity contribution >= 4 is 0 Å². The van der Waals surface area contributed by atoms with E-state index < -0.39 is 0 Å². The van der Waals surface area contributed by atoms with Crippen molar-refractivity contribution in [3.63, 3.8) is 0 Å². The van der Waals surface area contributed by atoms with Crippen molar-refractivity contribution < 1.29 is 0 Å². The van der Waals surface area contributed by atoms with E-state index in [2.05, 4.69) is 25.7 Å². The van der Waals surface area contributed by atoms with Crippen molar-refractivity contribution in [3.05, 3.63) is 5.92 Å². The molecule has 0 aromatic carbocycles. The Labute approximate surface area is 52.3 Å². The van der Waals surface area contributed by atoms with Crippen LogP contribution in [-0.4, -0.2) is 0 Å². The van der Waals surface area contributed by atoms with E-state index >= 15 is 0 Å². The summed E-state index contributed by atoms with van der Waals surface area (Å²) in [6.07, 6.45) is 2.36. The molecule has 0 rings (SSSR count).